The molecule has 0 saturated heterocycles. The van der Waals surface area contributed by atoms with Crippen molar-refractivity contribution in [2.45, 2.75) is 38.8 Å². The van der Waals surface area contributed by atoms with Crippen LogP contribution in [0.4, 0.5) is 0 Å². The van der Waals surface area contributed by atoms with Crippen molar-refractivity contribution in [1.82, 2.24) is 5.32 Å². The van der Waals surface area contributed by atoms with Gasteiger partial charge < -0.3 is 16.2 Å². The Kier molecular flexibility index (Phi) is 5.66. The van der Waals surface area contributed by atoms with E-state index in [1.807, 2.05) is 6.92 Å². The van der Waals surface area contributed by atoms with Crippen LogP contribution in [0.25, 0.3) is 0 Å². The minimum atomic E-state index is -0.511. The van der Waals surface area contributed by atoms with Gasteiger partial charge in [0.25, 0.3) is 0 Å². The molecular formula is C8H18N2O2. The van der Waals surface area contributed by atoms with E-state index in [0.29, 0.717) is 6.42 Å². The maximum Gasteiger partial charge on any atom is 0.237 e. The van der Waals surface area contributed by atoms with Gasteiger partial charge in [-0.15, -0.1) is 0 Å². The molecule has 12 heavy (non-hydrogen) atoms. The summed E-state index contributed by atoms with van der Waals surface area (Å²) in [5.41, 5.74) is 5.52. The molecule has 0 fully saturated rings. The summed E-state index contributed by atoms with van der Waals surface area (Å²) in [6.07, 6.45) is 1.07. The summed E-state index contributed by atoms with van der Waals surface area (Å²) in [6.45, 7) is 3.86. The zero-order valence-electron chi connectivity index (χ0n) is 7.71. The molecule has 0 rings (SSSR count). The van der Waals surface area contributed by atoms with Gasteiger partial charge in [0.2, 0.25) is 5.91 Å². The van der Waals surface area contributed by atoms with Crippen LogP contribution in [0.3, 0.4) is 0 Å². The minimum Gasteiger partial charge on any atom is -0.392 e. The number of rotatable bonds is 5. The summed E-state index contributed by atoms with van der Waals surface area (Å²) in [5, 5.41) is 11.4. The molecule has 0 heterocycles. The fraction of sp³-hybridized carbons (Fsp3) is 0.875. The highest BCUT2D eigenvalue weighted by Gasteiger charge is 2.11. The second-order valence-corrected chi connectivity index (χ2v) is 2.99. The van der Waals surface area contributed by atoms with Gasteiger partial charge in [-0.3, -0.25) is 4.79 Å². The van der Waals surface area contributed by atoms with Crippen molar-refractivity contribution in [3.63, 3.8) is 0 Å². The van der Waals surface area contributed by atoms with E-state index in [-0.39, 0.29) is 12.5 Å². The van der Waals surface area contributed by atoms with Gasteiger partial charge in [0.1, 0.15) is 0 Å². The Hall–Kier alpha value is -0.610. The lowest BCUT2D eigenvalue weighted by atomic mass is 10.1. The van der Waals surface area contributed by atoms with Crippen molar-refractivity contribution in [2.75, 3.05) is 6.54 Å². The third kappa shape index (κ3) is 5.09. The first-order valence-electron chi connectivity index (χ1n) is 4.29. The summed E-state index contributed by atoms with van der Waals surface area (Å²) in [7, 11) is 0. The molecule has 0 spiro atoms. The number of carbonyl (C=O) groups is 1. The molecule has 4 N–H and O–H groups in total. The van der Waals surface area contributed by atoms with Gasteiger partial charge in [-0.05, 0) is 13.3 Å². The van der Waals surface area contributed by atoms with Gasteiger partial charge in [0.15, 0.2) is 0 Å². The number of nitrogens with two attached hydrogens (primary N) is 1. The Morgan fingerprint density at radius 1 is 1.67 bits per heavy atom. The molecule has 0 aliphatic heterocycles. The highest BCUT2D eigenvalue weighted by Crippen LogP contribution is 1.92. The smallest absolute Gasteiger partial charge is 0.237 e. The van der Waals surface area contributed by atoms with Crippen LogP contribution < -0.4 is 11.1 Å². The van der Waals surface area contributed by atoms with Crippen molar-refractivity contribution in [1.29, 1.82) is 0 Å². The maximum atomic E-state index is 11.1. The van der Waals surface area contributed by atoms with Crippen molar-refractivity contribution >= 4 is 5.91 Å². The summed E-state index contributed by atoms with van der Waals surface area (Å²) in [6, 6.07) is -0.436. The van der Waals surface area contributed by atoms with Gasteiger partial charge >= 0.3 is 0 Å². The van der Waals surface area contributed by atoms with Crippen LogP contribution in [0.2, 0.25) is 0 Å². The molecule has 0 aliphatic rings. The molecule has 4 nitrogen and oxygen atoms in total. The van der Waals surface area contributed by atoms with Gasteiger partial charge in [-0.1, -0.05) is 13.3 Å². The first-order valence-corrected chi connectivity index (χ1v) is 4.29. The molecule has 72 valence electrons. The number of amides is 1. The van der Waals surface area contributed by atoms with E-state index >= 15 is 0 Å². The lowest BCUT2D eigenvalue weighted by molar-refractivity contribution is -0.122. The fourth-order valence-corrected chi connectivity index (χ4v) is 0.821. The molecule has 0 aliphatic carbocycles. The third-order valence-corrected chi connectivity index (χ3v) is 1.51. The number of nitrogens with one attached hydrogen (secondary N) is 1. The lowest BCUT2D eigenvalue weighted by Gasteiger charge is -2.11. The van der Waals surface area contributed by atoms with Crippen LogP contribution in [-0.4, -0.2) is 29.7 Å². The predicted molar refractivity (Wildman–Crippen MR) is 47.6 cm³/mol. The van der Waals surface area contributed by atoms with Gasteiger partial charge in [0, 0.05) is 6.54 Å². The molecule has 0 aromatic heterocycles. The van der Waals surface area contributed by atoms with Crippen molar-refractivity contribution in [2.24, 2.45) is 5.73 Å². The van der Waals surface area contributed by atoms with Crippen molar-refractivity contribution < 1.29 is 9.90 Å². The second kappa shape index (κ2) is 5.97. The zero-order valence-corrected chi connectivity index (χ0v) is 7.71. The molecule has 1 unspecified atom stereocenters. The zero-order chi connectivity index (χ0) is 9.56. The fourth-order valence-electron chi connectivity index (χ4n) is 0.821. The predicted octanol–water partition coefficient (Wildman–Crippen LogP) is -0.389. The van der Waals surface area contributed by atoms with Crippen LogP contribution in [0.5, 0.6) is 0 Å². The lowest BCUT2D eigenvalue weighted by Crippen LogP contribution is -2.42. The topological polar surface area (TPSA) is 75.4 Å². The number of aliphatic hydroxyl groups is 1. The number of hydrogen-bond donors (Lipinski definition) is 3. The first kappa shape index (κ1) is 11.4. The molecule has 1 amide bonds. The summed E-state index contributed by atoms with van der Waals surface area (Å²) >= 11 is 0. The van der Waals surface area contributed by atoms with E-state index in [1.165, 1.54) is 0 Å². The summed E-state index contributed by atoms with van der Waals surface area (Å²) in [4.78, 5) is 11.1. The molecule has 0 radical (unpaired) electrons. The normalized spacial score (nSPS) is 15.3. The average molecular weight is 174 g/mol. The van der Waals surface area contributed by atoms with Crippen LogP contribution in [0.1, 0.15) is 26.7 Å². The first-order chi connectivity index (χ1) is 5.57. The maximum absolute atomic E-state index is 11.1. The quantitative estimate of drug-likeness (QED) is 0.531. The SMILES string of the molecule is CCCC(N)C(=O)NC[C@H](C)O. The van der Waals surface area contributed by atoms with Crippen LogP contribution >= 0.6 is 0 Å². The van der Waals surface area contributed by atoms with Crippen LogP contribution in [0.15, 0.2) is 0 Å². The minimum absolute atomic E-state index is 0.183. The Morgan fingerprint density at radius 2 is 2.25 bits per heavy atom. The van der Waals surface area contributed by atoms with Gasteiger partial charge in [0.05, 0.1) is 12.1 Å². The molecule has 0 aromatic rings. The van der Waals surface area contributed by atoms with E-state index < -0.39 is 12.1 Å². The van der Waals surface area contributed by atoms with Gasteiger partial charge in [-0.2, -0.15) is 0 Å². The molecule has 0 bridgehead atoms. The second-order valence-electron chi connectivity index (χ2n) is 2.99. The number of carbonyl (C=O) groups excluding carboxylic acids is 1. The molecular weight excluding hydrogens is 156 g/mol. The van der Waals surface area contributed by atoms with Gasteiger partial charge in [-0.25, -0.2) is 0 Å². The van der Waals surface area contributed by atoms with Crippen LogP contribution in [-0.2, 0) is 4.79 Å². The highest BCUT2D eigenvalue weighted by molar-refractivity contribution is 5.81. The van der Waals surface area contributed by atoms with Crippen LogP contribution in [0, 0.1) is 0 Å². The Bertz CT molecular complexity index is 137. The Morgan fingerprint density at radius 3 is 2.67 bits per heavy atom. The van der Waals surface area contributed by atoms with E-state index in [2.05, 4.69) is 5.32 Å². The average Bonchev–Trinajstić information content (AvgIpc) is 2.00. The summed E-state index contributed by atoms with van der Waals surface area (Å²) < 4.78 is 0. The molecule has 4 heteroatoms. The standard InChI is InChI=1S/C8H18N2O2/c1-3-4-7(9)8(12)10-5-6(2)11/h6-7,11H,3-5,9H2,1-2H3,(H,10,12)/t6-,7?/m0/s1. The molecule has 0 aromatic carbocycles. The Balaban J connectivity index is 3.57. The van der Waals surface area contributed by atoms with E-state index in [4.69, 9.17) is 10.8 Å². The van der Waals surface area contributed by atoms with Crippen molar-refractivity contribution in [3.05, 3.63) is 0 Å². The van der Waals surface area contributed by atoms with E-state index in [9.17, 15) is 4.79 Å². The van der Waals surface area contributed by atoms with E-state index in [0.717, 1.165) is 6.42 Å². The monoisotopic (exact) mass is 174 g/mol. The third-order valence-electron chi connectivity index (χ3n) is 1.51. The molecule has 0 saturated carbocycles. The summed E-state index contributed by atoms with van der Waals surface area (Å²) in [5.74, 6) is -0.183. The number of hydrogen-bond acceptors (Lipinski definition) is 3. The van der Waals surface area contributed by atoms with Crippen molar-refractivity contribution in [3.8, 4) is 0 Å². The Labute approximate surface area is 73.1 Å². The molecule has 2 atom stereocenters. The highest BCUT2D eigenvalue weighted by atomic mass is 16.3. The largest absolute Gasteiger partial charge is 0.392 e. The number of aliphatic hydroxyl groups excluding tert-OH is 1. The van der Waals surface area contributed by atoms with E-state index in [1.54, 1.807) is 6.92 Å².